The maximum atomic E-state index is 11.8. The molecule has 21 heavy (non-hydrogen) atoms. The van der Waals surface area contributed by atoms with Crippen LogP contribution in [0.2, 0.25) is 0 Å². The first kappa shape index (κ1) is 14.2. The summed E-state index contributed by atoms with van der Waals surface area (Å²) in [5.74, 6) is 0.422. The summed E-state index contributed by atoms with van der Waals surface area (Å²) in [6, 6.07) is 5.74. The number of carbonyl (C=O) groups is 1. The Morgan fingerprint density at radius 1 is 1.33 bits per heavy atom. The number of esters is 1. The Kier molecular flexibility index (Phi) is 4.60. The number of thiazole rings is 1. The van der Waals surface area contributed by atoms with Crippen molar-refractivity contribution >= 4 is 17.3 Å². The second-order valence-corrected chi connectivity index (χ2v) is 6.23. The van der Waals surface area contributed by atoms with Crippen LogP contribution in [0.3, 0.4) is 0 Å². The van der Waals surface area contributed by atoms with Crippen LogP contribution in [0.25, 0.3) is 10.7 Å². The van der Waals surface area contributed by atoms with Gasteiger partial charge in [-0.15, -0.1) is 11.3 Å². The van der Waals surface area contributed by atoms with Crippen LogP contribution in [0.5, 0.6) is 0 Å². The van der Waals surface area contributed by atoms with E-state index in [-0.39, 0.29) is 12.6 Å². The SMILES string of the molecule is O=C(CC1CCCC1)OCc1csc(-c2ccccn2)n1. The summed E-state index contributed by atoms with van der Waals surface area (Å²) < 4.78 is 5.32. The van der Waals surface area contributed by atoms with Gasteiger partial charge in [-0.05, 0) is 30.9 Å². The molecular formula is C16H18N2O2S. The zero-order chi connectivity index (χ0) is 14.5. The normalized spacial score (nSPS) is 15.2. The smallest absolute Gasteiger partial charge is 0.306 e. The summed E-state index contributed by atoms with van der Waals surface area (Å²) in [6.45, 7) is 0.259. The van der Waals surface area contributed by atoms with E-state index in [0.717, 1.165) is 29.2 Å². The molecule has 0 atom stereocenters. The van der Waals surface area contributed by atoms with E-state index in [2.05, 4.69) is 9.97 Å². The van der Waals surface area contributed by atoms with Crippen molar-refractivity contribution in [2.24, 2.45) is 5.92 Å². The predicted molar refractivity (Wildman–Crippen MR) is 81.7 cm³/mol. The van der Waals surface area contributed by atoms with E-state index < -0.39 is 0 Å². The fourth-order valence-electron chi connectivity index (χ4n) is 2.64. The van der Waals surface area contributed by atoms with Gasteiger partial charge in [0.2, 0.25) is 0 Å². The minimum Gasteiger partial charge on any atom is -0.459 e. The number of rotatable bonds is 5. The molecule has 0 saturated heterocycles. The average molecular weight is 302 g/mol. The Labute approximate surface area is 128 Å². The van der Waals surface area contributed by atoms with Crippen LogP contribution in [0, 0.1) is 5.92 Å². The lowest BCUT2D eigenvalue weighted by Gasteiger charge is -2.07. The molecule has 0 aliphatic heterocycles. The standard InChI is InChI=1S/C16H18N2O2S/c19-15(9-12-5-1-2-6-12)20-10-13-11-21-16(18-13)14-7-3-4-8-17-14/h3-4,7-8,11-12H,1-2,5-6,9-10H2. The van der Waals surface area contributed by atoms with Gasteiger partial charge >= 0.3 is 5.97 Å². The van der Waals surface area contributed by atoms with Crippen LogP contribution in [-0.4, -0.2) is 15.9 Å². The molecule has 0 radical (unpaired) electrons. The number of pyridine rings is 1. The van der Waals surface area contributed by atoms with Gasteiger partial charge in [-0.3, -0.25) is 9.78 Å². The molecule has 1 fully saturated rings. The zero-order valence-electron chi connectivity index (χ0n) is 11.8. The Bertz CT molecular complexity index is 591. The first-order valence-electron chi connectivity index (χ1n) is 7.32. The van der Waals surface area contributed by atoms with E-state index >= 15 is 0 Å². The third-order valence-electron chi connectivity index (χ3n) is 3.75. The van der Waals surface area contributed by atoms with Crippen molar-refractivity contribution in [3.8, 4) is 10.7 Å². The summed E-state index contributed by atoms with van der Waals surface area (Å²) in [4.78, 5) is 20.5. The second-order valence-electron chi connectivity index (χ2n) is 5.37. The van der Waals surface area contributed by atoms with Gasteiger partial charge in [-0.1, -0.05) is 18.9 Å². The van der Waals surface area contributed by atoms with E-state index in [1.165, 1.54) is 24.2 Å². The Balaban J connectivity index is 1.51. The van der Waals surface area contributed by atoms with E-state index in [9.17, 15) is 4.79 Å². The summed E-state index contributed by atoms with van der Waals surface area (Å²) >= 11 is 1.52. The maximum absolute atomic E-state index is 11.8. The first-order chi connectivity index (χ1) is 10.3. The summed E-state index contributed by atoms with van der Waals surface area (Å²) in [5.41, 5.74) is 1.64. The van der Waals surface area contributed by atoms with E-state index in [4.69, 9.17) is 4.74 Å². The highest BCUT2D eigenvalue weighted by Crippen LogP contribution is 2.28. The lowest BCUT2D eigenvalue weighted by atomic mass is 10.0. The van der Waals surface area contributed by atoms with E-state index in [1.807, 2.05) is 23.6 Å². The molecule has 0 N–H and O–H groups in total. The Morgan fingerprint density at radius 3 is 2.95 bits per heavy atom. The van der Waals surface area contributed by atoms with E-state index in [1.54, 1.807) is 6.20 Å². The number of hydrogen-bond donors (Lipinski definition) is 0. The molecule has 4 nitrogen and oxygen atoms in total. The fourth-order valence-corrected chi connectivity index (χ4v) is 3.42. The molecule has 1 aliphatic rings. The van der Waals surface area contributed by atoms with Crippen molar-refractivity contribution in [3.05, 3.63) is 35.5 Å². The highest BCUT2D eigenvalue weighted by molar-refractivity contribution is 7.13. The molecule has 2 aromatic rings. The Morgan fingerprint density at radius 2 is 2.19 bits per heavy atom. The highest BCUT2D eigenvalue weighted by atomic mass is 32.1. The van der Waals surface area contributed by atoms with Gasteiger partial charge in [-0.2, -0.15) is 0 Å². The fraction of sp³-hybridized carbons (Fsp3) is 0.438. The molecule has 5 heteroatoms. The van der Waals surface area contributed by atoms with Gasteiger partial charge in [0.15, 0.2) is 0 Å². The third-order valence-corrected chi connectivity index (χ3v) is 4.66. The topological polar surface area (TPSA) is 52.1 Å². The first-order valence-corrected chi connectivity index (χ1v) is 8.20. The number of carbonyl (C=O) groups excluding carboxylic acids is 1. The molecule has 0 aromatic carbocycles. The zero-order valence-corrected chi connectivity index (χ0v) is 12.6. The number of aromatic nitrogens is 2. The number of hydrogen-bond acceptors (Lipinski definition) is 5. The molecule has 1 aliphatic carbocycles. The Hall–Kier alpha value is -1.75. The van der Waals surface area contributed by atoms with Crippen molar-refractivity contribution in [2.45, 2.75) is 38.7 Å². The van der Waals surface area contributed by atoms with Gasteiger partial charge in [0.05, 0.1) is 11.4 Å². The predicted octanol–water partition coefficient (Wildman–Crippen LogP) is 3.83. The minimum absolute atomic E-state index is 0.103. The van der Waals surface area contributed by atoms with Gasteiger partial charge in [0.1, 0.15) is 11.6 Å². The second kappa shape index (κ2) is 6.80. The average Bonchev–Trinajstić information content (AvgIpc) is 3.17. The lowest BCUT2D eigenvalue weighted by molar-refractivity contribution is -0.146. The largest absolute Gasteiger partial charge is 0.459 e. The molecule has 2 heterocycles. The number of ether oxygens (including phenoxy) is 1. The van der Waals surface area contributed by atoms with Crippen LogP contribution >= 0.6 is 11.3 Å². The van der Waals surface area contributed by atoms with Crippen LogP contribution in [-0.2, 0) is 16.1 Å². The maximum Gasteiger partial charge on any atom is 0.306 e. The van der Waals surface area contributed by atoms with Crippen molar-refractivity contribution < 1.29 is 9.53 Å². The molecule has 0 spiro atoms. The molecule has 2 aromatic heterocycles. The van der Waals surface area contributed by atoms with Crippen LogP contribution < -0.4 is 0 Å². The van der Waals surface area contributed by atoms with Gasteiger partial charge in [0.25, 0.3) is 0 Å². The van der Waals surface area contributed by atoms with Gasteiger partial charge < -0.3 is 4.74 Å². The molecule has 3 rings (SSSR count). The van der Waals surface area contributed by atoms with E-state index in [0.29, 0.717) is 12.3 Å². The highest BCUT2D eigenvalue weighted by Gasteiger charge is 2.19. The summed E-state index contributed by atoms with van der Waals surface area (Å²) in [7, 11) is 0. The molecule has 110 valence electrons. The minimum atomic E-state index is -0.103. The summed E-state index contributed by atoms with van der Waals surface area (Å²) in [5, 5.41) is 2.78. The van der Waals surface area contributed by atoms with Crippen molar-refractivity contribution in [3.63, 3.8) is 0 Å². The van der Waals surface area contributed by atoms with Crippen molar-refractivity contribution in [1.82, 2.24) is 9.97 Å². The molecule has 1 saturated carbocycles. The van der Waals surface area contributed by atoms with Gasteiger partial charge in [-0.25, -0.2) is 4.98 Å². The quantitative estimate of drug-likeness (QED) is 0.788. The molecule has 0 amide bonds. The summed E-state index contributed by atoms with van der Waals surface area (Å²) in [6.07, 6.45) is 7.12. The van der Waals surface area contributed by atoms with Crippen LogP contribution in [0.4, 0.5) is 0 Å². The molecular weight excluding hydrogens is 284 g/mol. The van der Waals surface area contributed by atoms with Crippen LogP contribution in [0.15, 0.2) is 29.8 Å². The lowest BCUT2D eigenvalue weighted by Crippen LogP contribution is -2.09. The number of nitrogens with zero attached hydrogens (tertiary/aromatic N) is 2. The molecule has 0 unspecified atom stereocenters. The third kappa shape index (κ3) is 3.88. The van der Waals surface area contributed by atoms with Crippen LogP contribution in [0.1, 0.15) is 37.8 Å². The van der Waals surface area contributed by atoms with Crippen molar-refractivity contribution in [2.75, 3.05) is 0 Å². The molecule has 0 bridgehead atoms. The van der Waals surface area contributed by atoms with Crippen molar-refractivity contribution in [1.29, 1.82) is 0 Å². The van der Waals surface area contributed by atoms with Gasteiger partial charge in [0, 0.05) is 18.0 Å². The monoisotopic (exact) mass is 302 g/mol.